The first-order chi connectivity index (χ1) is 10.2. The van der Waals surface area contributed by atoms with E-state index in [0.717, 1.165) is 11.5 Å². The maximum atomic E-state index is 12.1. The number of benzene rings is 1. The Bertz CT molecular complexity index is 656. The van der Waals surface area contributed by atoms with Crippen molar-refractivity contribution in [2.45, 2.75) is 6.42 Å². The number of ether oxygens (including phenoxy) is 1. The highest BCUT2D eigenvalue weighted by atomic mass is 32.1. The van der Waals surface area contributed by atoms with Crippen LogP contribution in [0.2, 0.25) is 0 Å². The minimum atomic E-state index is -0.358. The molecule has 0 aliphatic heterocycles. The van der Waals surface area contributed by atoms with Crippen molar-refractivity contribution < 1.29 is 14.3 Å². The van der Waals surface area contributed by atoms with Gasteiger partial charge in [0.2, 0.25) is 5.91 Å². The Balaban J connectivity index is 2.09. The second-order valence-electron chi connectivity index (χ2n) is 4.05. The minimum Gasteiger partial charge on any atom is -0.495 e. The molecule has 0 saturated carbocycles. The van der Waals surface area contributed by atoms with Crippen molar-refractivity contribution in [1.29, 1.82) is 0 Å². The summed E-state index contributed by atoms with van der Waals surface area (Å²) in [5.41, 5.74) is 0.752. The topological polar surface area (TPSA) is 93.2 Å². The van der Waals surface area contributed by atoms with Gasteiger partial charge in [-0.05, 0) is 23.7 Å². The third-order valence-electron chi connectivity index (χ3n) is 2.70. The van der Waals surface area contributed by atoms with Crippen molar-refractivity contribution in [2.24, 2.45) is 0 Å². The molecule has 1 aromatic heterocycles. The highest BCUT2D eigenvalue weighted by Gasteiger charge is 2.18. The summed E-state index contributed by atoms with van der Waals surface area (Å²) in [6.45, 7) is 0. The van der Waals surface area contributed by atoms with Crippen LogP contribution < -0.4 is 15.4 Å². The Morgan fingerprint density at radius 2 is 2.10 bits per heavy atom. The highest BCUT2D eigenvalue weighted by Crippen LogP contribution is 2.23. The predicted molar refractivity (Wildman–Crippen MR) is 78.6 cm³/mol. The lowest BCUT2D eigenvalue weighted by atomic mass is 10.2. The number of carbonyl (C=O) groups is 2. The number of amides is 2. The number of nitrogens with one attached hydrogen (secondary N) is 2. The summed E-state index contributed by atoms with van der Waals surface area (Å²) in [4.78, 5) is 24.2. The van der Waals surface area contributed by atoms with Crippen LogP contribution in [0.25, 0.3) is 0 Å². The summed E-state index contributed by atoms with van der Waals surface area (Å²) >= 11 is 1.03. The van der Waals surface area contributed by atoms with Crippen LogP contribution in [0.3, 0.4) is 0 Å². The summed E-state index contributed by atoms with van der Waals surface area (Å²) in [7, 11) is 3.03. The molecule has 0 fully saturated rings. The average Bonchev–Trinajstić information content (AvgIpc) is 2.95. The molecule has 0 spiro atoms. The second kappa shape index (κ2) is 6.80. The van der Waals surface area contributed by atoms with Gasteiger partial charge in [0.1, 0.15) is 5.75 Å². The molecule has 1 aromatic carbocycles. The number of anilines is 1. The summed E-state index contributed by atoms with van der Waals surface area (Å²) in [5, 5.41) is 8.93. The summed E-state index contributed by atoms with van der Waals surface area (Å²) in [5.74, 6) is -0.0562. The fourth-order valence-electron chi connectivity index (χ4n) is 1.70. The number of nitrogens with zero attached hydrogens (tertiary/aromatic N) is 2. The van der Waals surface area contributed by atoms with Crippen molar-refractivity contribution in [2.75, 3.05) is 19.5 Å². The van der Waals surface area contributed by atoms with E-state index in [1.807, 2.05) is 6.07 Å². The van der Waals surface area contributed by atoms with E-state index in [1.54, 1.807) is 18.2 Å². The lowest BCUT2D eigenvalue weighted by Gasteiger charge is -2.09. The molecule has 0 saturated heterocycles. The zero-order chi connectivity index (χ0) is 15.2. The molecule has 2 amide bonds. The van der Waals surface area contributed by atoms with Gasteiger partial charge in [0, 0.05) is 7.05 Å². The fraction of sp³-hybridized carbons (Fsp3) is 0.231. The van der Waals surface area contributed by atoms with Gasteiger partial charge < -0.3 is 15.4 Å². The molecular formula is C13H14N4O3S. The lowest BCUT2D eigenvalue weighted by Crippen LogP contribution is -2.21. The van der Waals surface area contributed by atoms with Crippen LogP contribution in [-0.4, -0.2) is 35.6 Å². The Labute approximate surface area is 125 Å². The molecule has 0 atom stereocenters. The third kappa shape index (κ3) is 3.54. The molecular weight excluding hydrogens is 292 g/mol. The van der Waals surface area contributed by atoms with E-state index in [0.29, 0.717) is 16.3 Å². The van der Waals surface area contributed by atoms with Gasteiger partial charge in [-0.3, -0.25) is 9.59 Å². The van der Waals surface area contributed by atoms with E-state index < -0.39 is 0 Å². The largest absolute Gasteiger partial charge is 0.495 e. The minimum absolute atomic E-state index is 0.0263. The Morgan fingerprint density at radius 1 is 1.33 bits per heavy atom. The van der Waals surface area contributed by atoms with E-state index in [-0.39, 0.29) is 23.9 Å². The third-order valence-corrected chi connectivity index (χ3v) is 3.42. The number of hydrogen-bond donors (Lipinski definition) is 2. The van der Waals surface area contributed by atoms with E-state index in [4.69, 9.17) is 4.74 Å². The monoisotopic (exact) mass is 306 g/mol. The number of rotatable bonds is 5. The molecule has 0 aliphatic rings. The van der Waals surface area contributed by atoms with Gasteiger partial charge in [-0.1, -0.05) is 16.6 Å². The van der Waals surface area contributed by atoms with E-state index in [1.165, 1.54) is 14.2 Å². The first-order valence-electron chi connectivity index (χ1n) is 6.12. The molecule has 0 radical (unpaired) electrons. The zero-order valence-electron chi connectivity index (χ0n) is 11.5. The molecule has 7 nitrogen and oxygen atoms in total. The molecule has 8 heteroatoms. The van der Waals surface area contributed by atoms with Gasteiger partial charge in [-0.15, -0.1) is 5.10 Å². The number of aromatic nitrogens is 2. The van der Waals surface area contributed by atoms with Crippen molar-refractivity contribution >= 4 is 29.0 Å². The SMILES string of the molecule is CNC(=O)c1nnsc1CC(=O)Nc1ccccc1OC. The molecule has 110 valence electrons. The van der Waals surface area contributed by atoms with Gasteiger partial charge >= 0.3 is 0 Å². The standard InChI is InChI=1S/C13H14N4O3S/c1-14-13(19)12-10(21-17-16-12)7-11(18)15-8-5-3-4-6-9(8)20-2/h3-6H,7H2,1-2H3,(H,14,19)(H,15,18). The zero-order valence-corrected chi connectivity index (χ0v) is 12.4. The van der Waals surface area contributed by atoms with Crippen LogP contribution in [0.4, 0.5) is 5.69 Å². The van der Waals surface area contributed by atoms with Crippen LogP contribution in [0.5, 0.6) is 5.75 Å². The van der Waals surface area contributed by atoms with Crippen molar-refractivity contribution in [3.63, 3.8) is 0 Å². The van der Waals surface area contributed by atoms with Crippen LogP contribution in [-0.2, 0) is 11.2 Å². The Morgan fingerprint density at radius 3 is 2.81 bits per heavy atom. The molecule has 0 aliphatic carbocycles. The van der Waals surface area contributed by atoms with Crippen LogP contribution >= 0.6 is 11.5 Å². The van der Waals surface area contributed by atoms with E-state index in [2.05, 4.69) is 20.2 Å². The number of carbonyl (C=O) groups excluding carboxylic acids is 2. The number of hydrogen-bond acceptors (Lipinski definition) is 6. The highest BCUT2D eigenvalue weighted by molar-refractivity contribution is 7.06. The van der Waals surface area contributed by atoms with Crippen molar-refractivity contribution in [3.05, 3.63) is 34.8 Å². The quantitative estimate of drug-likeness (QED) is 0.862. The molecule has 1 heterocycles. The van der Waals surface area contributed by atoms with Gasteiger partial charge in [0.15, 0.2) is 5.69 Å². The molecule has 21 heavy (non-hydrogen) atoms. The summed E-state index contributed by atoms with van der Waals surface area (Å²) < 4.78 is 8.87. The first kappa shape index (κ1) is 14.9. The van der Waals surface area contributed by atoms with Crippen molar-refractivity contribution in [3.8, 4) is 5.75 Å². The summed E-state index contributed by atoms with van der Waals surface area (Å²) in [6.07, 6.45) is 0.0263. The van der Waals surface area contributed by atoms with Crippen LogP contribution in [0.15, 0.2) is 24.3 Å². The Hall–Kier alpha value is -2.48. The molecule has 0 bridgehead atoms. The fourth-order valence-corrected chi connectivity index (χ4v) is 2.34. The molecule has 2 aromatic rings. The van der Waals surface area contributed by atoms with E-state index in [9.17, 15) is 9.59 Å². The van der Waals surface area contributed by atoms with Crippen molar-refractivity contribution in [1.82, 2.24) is 14.9 Å². The molecule has 0 unspecified atom stereocenters. The summed E-state index contributed by atoms with van der Waals surface area (Å²) in [6, 6.07) is 7.09. The second-order valence-corrected chi connectivity index (χ2v) is 4.89. The van der Waals surface area contributed by atoms with Crippen LogP contribution in [0, 0.1) is 0 Å². The van der Waals surface area contributed by atoms with Gasteiger partial charge in [0.25, 0.3) is 5.91 Å². The molecule has 2 N–H and O–H groups in total. The number of methoxy groups -OCH3 is 1. The first-order valence-corrected chi connectivity index (χ1v) is 6.89. The smallest absolute Gasteiger partial charge is 0.272 e. The molecule has 2 rings (SSSR count). The Kier molecular flexibility index (Phi) is 4.83. The average molecular weight is 306 g/mol. The van der Waals surface area contributed by atoms with Gasteiger partial charge in [-0.25, -0.2) is 0 Å². The van der Waals surface area contributed by atoms with Gasteiger partial charge in [0.05, 0.1) is 24.1 Å². The van der Waals surface area contributed by atoms with E-state index >= 15 is 0 Å². The maximum absolute atomic E-state index is 12.1. The van der Waals surface area contributed by atoms with Gasteiger partial charge in [-0.2, -0.15) is 0 Å². The normalized spacial score (nSPS) is 10.0. The predicted octanol–water partition coefficient (Wildman–Crippen LogP) is 1.09. The lowest BCUT2D eigenvalue weighted by molar-refractivity contribution is -0.115. The van der Waals surface area contributed by atoms with Crippen LogP contribution in [0.1, 0.15) is 15.4 Å². The maximum Gasteiger partial charge on any atom is 0.272 e. The number of para-hydroxylation sites is 2.